The molecule has 6 heteroatoms. The topological polar surface area (TPSA) is 42.0 Å². The van der Waals surface area contributed by atoms with Crippen LogP contribution in [0.15, 0.2) is 21.2 Å². The molecule has 0 aliphatic rings. The van der Waals surface area contributed by atoms with E-state index in [1.807, 2.05) is 13.0 Å². The van der Waals surface area contributed by atoms with Crippen molar-refractivity contribution in [1.29, 1.82) is 0 Å². The van der Waals surface area contributed by atoms with Gasteiger partial charge in [-0.1, -0.05) is 0 Å². The highest BCUT2D eigenvalue weighted by Gasteiger charge is 2.07. The van der Waals surface area contributed by atoms with Crippen LogP contribution in [-0.4, -0.2) is 27.2 Å². The normalized spacial score (nSPS) is 14.7. The molecule has 0 saturated carbocycles. The van der Waals surface area contributed by atoms with E-state index < -0.39 is 10.8 Å². The SMILES string of the molecule is CC(CS(C)=O)Nc1ncc(Br)cc1Br. The molecule has 0 radical (unpaired) electrons. The van der Waals surface area contributed by atoms with Gasteiger partial charge in [0.15, 0.2) is 0 Å². The fraction of sp³-hybridized carbons (Fsp3) is 0.444. The van der Waals surface area contributed by atoms with Crippen molar-refractivity contribution in [2.24, 2.45) is 0 Å². The number of nitrogens with zero attached hydrogens (tertiary/aromatic N) is 1. The van der Waals surface area contributed by atoms with E-state index in [0.29, 0.717) is 5.75 Å². The zero-order valence-corrected chi connectivity index (χ0v) is 12.4. The summed E-state index contributed by atoms with van der Waals surface area (Å²) in [5, 5.41) is 3.20. The van der Waals surface area contributed by atoms with E-state index in [0.717, 1.165) is 14.8 Å². The Morgan fingerprint density at radius 3 is 2.80 bits per heavy atom. The second kappa shape index (κ2) is 5.96. The number of hydrogen-bond donors (Lipinski definition) is 1. The molecule has 15 heavy (non-hydrogen) atoms. The van der Waals surface area contributed by atoms with Crippen LogP contribution in [0.3, 0.4) is 0 Å². The Balaban J connectivity index is 2.68. The van der Waals surface area contributed by atoms with Crippen molar-refractivity contribution < 1.29 is 4.21 Å². The first-order chi connectivity index (χ1) is 6.99. The summed E-state index contributed by atoms with van der Waals surface area (Å²) in [5.74, 6) is 1.39. The van der Waals surface area contributed by atoms with E-state index in [2.05, 4.69) is 42.2 Å². The molecule has 0 amide bonds. The lowest BCUT2D eigenvalue weighted by Crippen LogP contribution is -2.23. The van der Waals surface area contributed by atoms with Gasteiger partial charge < -0.3 is 5.32 Å². The average molecular weight is 356 g/mol. The molecular weight excluding hydrogens is 344 g/mol. The maximum absolute atomic E-state index is 11.0. The second-order valence-electron chi connectivity index (χ2n) is 3.27. The summed E-state index contributed by atoms with van der Waals surface area (Å²) in [6.45, 7) is 1.98. The quantitative estimate of drug-likeness (QED) is 0.902. The summed E-state index contributed by atoms with van der Waals surface area (Å²) in [6, 6.07) is 2.06. The summed E-state index contributed by atoms with van der Waals surface area (Å²) in [6.07, 6.45) is 3.42. The number of halogens is 2. The summed E-state index contributed by atoms with van der Waals surface area (Å²) in [7, 11) is -0.795. The minimum Gasteiger partial charge on any atom is -0.366 e. The van der Waals surface area contributed by atoms with E-state index in [1.165, 1.54) is 0 Å². The summed E-state index contributed by atoms with van der Waals surface area (Å²) in [4.78, 5) is 4.22. The molecule has 0 bridgehead atoms. The molecule has 3 nitrogen and oxygen atoms in total. The fourth-order valence-electron chi connectivity index (χ4n) is 1.15. The molecule has 1 N–H and O–H groups in total. The molecule has 1 heterocycles. The van der Waals surface area contributed by atoms with Gasteiger partial charge in [-0.2, -0.15) is 0 Å². The largest absolute Gasteiger partial charge is 0.366 e. The molecule has 2 atom stereocenters. The van der Waals surface area contributed by atoms with Crippen molar-refractivity contribution in [3.05, 3.63) is 21.2 Å². The average Bonchev–Trinajstić information content (AvgIpc) is 2.08. The standard InChI is InChI=1S/C9H12Br2N2OS/c1-6(5-15(2)14)13-9-8(11)3-7(10)4-12-9/h3-4,6H,5H2,1-2H3,(H,12,13). The van der Waals surface area contributed by atoms with Gasteiger partial charge in [-0.25, -0.2) is 4.98 Å². The third-order valence-electron chi connectivity index (χ3n) is 1.68. The van der Waals surface area contributed by atoms with Crippen molar-refractivity contribution in [1.82, 2.24) is 4.98 Å². The molecule has 84 valence electrons. The van der Waals surface area contributed by atoms with Crippen molar-refractivity contribution in [2.45, 2.75) is 13.0 Å². The van der Waals surface area contributed by atoms with Crippen LogP contribution in [-0.2, 0) is 10.8 Å². The molecule has 0 spiro atoms. The summed E-state index contributed by atoms with van der Waals surface area (Å²) >= 11 is 6.74. The Kier molecular flexibility index (Phi) is 5.22. The van der Waals surface area contributed by atoms with E-state index in [-0.39, 0.29) is 6.04 Å². The van der Waals surface area contributed by atoms with Gasteiger partial charge in [-0.3, -0.25) is 4.21 Å². The van der Waals surface area contributed by atoms with Gasteiger partial charge in [0.25, 0.3) is 0 Å². The van der Waals surface area contributed by atoms with Crippen LogP contribution in [0.25, 0.3) is 0 Å². The summed E-state index contributed by atoms with van der Waals surface area (Å²) < 4.78 is 12.8. The minimum atomic E-state index is -0.795. The lowest BCUT2D eigenvalue weighted by atomic mass is 10.4. The number of anilines is 1. The van der Waals surface area contributed by atoms with Crippen LogP contribution in [0, 0.1) is 0 Å². The molecule has 1 aromatic rings. The van der Waals surface area contributed by atoms with Crippen LogP contribution >= 0.6 is 31.9 Å². The number of aromatic nitrogens is 1. The van der Waals surface area contributed by atoms with Crippen molar-refractivity contribution in [3.63, 3.8) is 0 Å². The maximum atomic E-state index is 11.0. The highest BCUT2D eigenvalue weighted by atomic mass is 79.9. The Hall–Kier alpha value is 0.0600. The van der Waals surface area contributed by atoms with Gasteiger partial charge in [-0.15, -0.1) is 0 Å². The van der Waals surface area contributed by atoms with Gasteiger partial charge in [-0.05, 0) is 44.8 Å². The molecule has 0 fully saturated rings. The Morgan fingerprint density at radius 2 is 2.27 bits per heavy atom. The third-order valence-corrected chi connectivity index (χ3v) is 3.68. The summed E-state index contributed by atoms with van der Waals surface area (Å²) in [5.41, 5.74) is 0. The van der Waals surface area contributed by atoms with E-state index in [1.54, 1.807) is 12.5 Å². The Morgan fingerprint density at radius 1 is 1.60 bits per heavy atom. The molecule has 2 unspecified atom stereocenters. The Bertz CT molecular complexity index is 373. The van der Waals surface area contributed by atoms with Gasteiger partial charge in [0.1, 0.15) is 5.82 Å². The van der Waals surface area contributed by atoms with Gasteiger partial charge in [0, 0.05) is 39.5 Å². The molecule has 0 saturated heterocycles. The van der Waals surface area contributed by atoms with E-state index in [9.17, 15) is 4.21 Å². The maximum Gasteiger partial charge on any atom is 0.140 e. The van der Waals surface area contributed by atoms with Crippen LogP contribution in [0.2, 0.25) is 0 Å². The first-order valence-electron chi connectivity index (χ1n) is 4.36. The highest BCUT2D eigenvalue weighted by molar-refractivity contribution is 9.11. The van der Waals surface area contributed by atoms with Gasteiger partial charge in [0.05, 0.1) is 4.47 Å². The number of nitrogens with one attached hydrogen (secondary N) is 1. The molecule has 1 aromatic heterocycles. The number of rotatable bonds is 4. The predicted molar refractivity (Wildman–Crippen MR) is 71.7 cm³/mol. The van der Waals surface area contributed by atoms with Gasteiger partial charge >= 0.3 is 0 Å². The van der Waals surface area contributed by atoms with Crippen LogP contribution in [0.5, 0.6) is 0 Å². The number of pyridine rings is 1. The zero-order valence-electron chi connectivity index (χ0n) is 8.46. The van der Waals surface area contributed by atoms with Crippen LogP contribution < -0.4 is 5.32 Å². The fourth-order valence-corrected chi connectivity index (χ4v) is 3.04. The first-order valence-corrected chi connectivity index (χ1v) is 7.68. The molecule has 1 rings (SSSR count). The highest BCUT2D eigenvalue weighted by Crippen LogP contribution is 2.23. The zero-order chi connectivity index (χ0) is 11.4. The lowest BCUT2D eigenvalue weighted by Gasteiger charge is -2.14. The minimum absolute atomic E-state index is 0.140. The van der Waals surface area contributed by atoms with E-state index >= 15 is 0 Å². The molecular formula is C9H12Br2N2OS. The van der Waals surface area contributed by atoms with Crippen molar-refractivity contribution in [2.75, 3.05) is 17.3 Å². The third kappa shape index (κ3) is 4.61. The van der Waals surface area contributed by atoms with Crippen molar-refractivity contribution >= 4 is 48.5 Å². The second-order valence-corrected chi connectivity index (χ2v) is 6.52. The smallest absolute Gasteiger partial charge is 0.140 e. The monoisotopic (exact) mass is 354 g/mol. The van der Waals surface area contributed by atoms with Crippen molar-refractivity contribution in [3.8, 4) is 0 Å². The molecule has 0 aliphatic carbocycles. The van der Waals surface area contributed by atoms with Crippen LogP contribution in [0.1, 0.15) is 6.92 Å². The Labute approximate surface area is 109 Å². The van der Waals surface area contributed by atoms with Gasteiger partial charge in [0.2, 0.25) is 0 Å². The van der Waals surface area contributed by atoms with E-state index in [4.69, 9.17) is 0 Å². The molecule has 0 aromatic carbocycles. The molecule has 0 aliphatic heterocycles. The lowest BCUT2D eigenvalue weighted by molar-refractivity contribution is 0.683. The van der Waals surface area contributed by atoms with Crippen LogP contribution in [0.4, 0.5) is 5.82 Å². The predicted octanol–water partition coefficient (Wildman–Crippen LogP) is 2.79. The first kappa shape index (κ1) is 13.1. The number of hydrogen-bond acceptors (Lipinski definition) is 3.